The van der Waals surface area contributed by atoms with E-state index in [1.165, 1.54) is 0 Å². The van der Waals surface area contributed by atoms with Crippen molar-refractivity contribution in [2.75, 3.05) is 11.9 Å². The van der Waals surface area contributed by atoms with Gasteiger partial charge in [0.1, 0.15) is 0 Å². The van der Waals surface area contributed by atoms with Crippen molar-refractivity contribution in [3.8, 4) is 0 Å². The topological polar surface area (TPSA) is 49.4 Å². The number of piperidine rings is 1. The smallest absolute Gasteiger partial charge is 0.228 e. The first kappa shape index (κ1) is 16.9. The van der Waals surface area contributed by atoms with Crippen molar-refractivity contribution in [2.45, 2.75) is 31.7 Å². The Balaban J connectivity index is 1.54. The molecule has 2 aliphatic carbocycles. The van der Waals surface area contributed by atoms with E-state index >= 15 is 0 Å². The third kappa shape index (κ3) is 3.30. The lowest BCUT2D eigenvalue weighted by Crippen LogP contribution is -2.51. The molecule has 4 rings (SSSR count). The standard InChI is InChI=1S/C19H20Cl2N2O2/c20-12-4-7-16(15(21)10-12)22-18(24)14-3-1-2-11-8-9-23(13-5-6-13)19(25)17(11)14/h1-2,4,7,10-11,13-14,17H,3,5-6,8-9H2,(H,22,24)/t11-,14-,17+/m1/s1. The van der Waals surface area contributed by atoms with Crippen LogP contribution in [0.15, 0.2) is 30.4 Å². The first-order valence-corrected chi connectivity index (χ1v) is 9.53. The molecule has 0 aromatic heterocycles. The molecule has 0 bridgehead atoms. The summed E-state index contributed by atoms with van der Waals surface area (Å²) >= 11 is 12.1. The molecule has 1 aliphatic heterocycles. The number of hydrogen-bond donors (Lipinski definition) is 1. The molecule has 4 nitrogen and oxygen atoms in total. The summed E-state index contributed by atoms with van der Waals surface area (Å²) in [6.07, 6.45) is 7.87. The van der Waals surface area contributed by atoms with Gasteiger partial charge in [-0.25, -0.2) is 0 Å². The van der Waals surface area contributed by atoms with Crippen LogP contribution in [0.25, 0.3) is 0 Å². The van der Waals surface area contributed by atoms with Gasteiger partial charge in [-0.2, -0.15) is 0 Å². The number of carbonyl (C=O) groups is 2. The SMILES string of the molecule is O=C(Nc1ccc(Cl)cc1Cl)[C@@H]1CC=C[C@@H]2CCN(C3CC3)C(=O)[C@@H]21. The van der Waals surface area contributed by atoms with Gasteiger partial charge in [-0.1, -0.05) is 35.4 Å². The van der Waals surface area contributed by atoms with Crippen LogP contribution in [0, 0.1) is 17.8 Å². The largest absolute Gasteiger partial charge is 0.339 e. The molecule has 1 aromatic carbocycles. The zero-order valence-corrected chi connectivity index (χ0v) is 15.3. The number of rotatable bonds is 3. The summed E-state index contributed by atoms with van der Waals surface area (Å²) in [6, 6.07) is 5.38. The van der Waals surface area contributed by atoms with Gasteiger partial charge in [0.25, 0.3) is 0 Å². The monoisotopic (exact) mass is 378 g/mol. The number of allylic oxidation sites excluding steroid dienone is 2. The molecule has 2 amide bonds. The van der Waals surface area contributed by atoms with Gasteiger partial charge in [0.15, 0.2) is 0 Å². The summed E-state index contributed by atoms with van der Waals surface area (Å²) in [5.74, 6) is -0.450. The van der Waals surface area contributed by atoms with Crippen LogP contribution >= 0.6 is 23.2 Å². The van der Waals surface area contributed by atoms with Gasteiger partial charge in [-0.3, -0.25) is 9.59 Å². The number of nitrogens with zero attached hydrogens (tertiary/aromatic N) is 1. The molecule has 0 radical (unpaired) electrons. The van der Waals surface area contributed by atoms with Crippen LogP contribution in [-0.2, 0) is 9.59 Å². The number of halogens is 2. The fraction of sp³-hybridized carbons (Fsp3) is 0.474. The van der Waals surface area contributed by atoms with Crippen LogP contribution in [0.4, 0.5) is 5.69 Å². The fourth-order valence-electron chi connectivity index (χ4n) is 4.02. The van der Waals surface area contributed by atoms with Gasteiger partial charge in [0.05, 0.1) is 22.5 Å². The number of fused-ring (bicyclic) bond motifs is 1. The number of anilines is 1. The second-order valence-corrected chi connectivity index (χ2v) is 7.97. The molecule has 0 spiro atoms. The van der Waals surface area contributed by atoms with Crippen LogP contribution in [0.5, 0.6) is 0 Å². The van der Waals surface area contributed by atoms with Crippen LogP contribution in [-0.4, -0.2) is 29.3 Å². The Morgan fingerprint density at radius 2 is 2.00 bits per heavy atom. The molecular formula is C19H20Cl2N2O2. The summed E-state index contributed by atoms with van der Waals surface area (Å²) in [7, 11) is 0. The maximum Gasteiger partial charge on any atom is 0.228 e. The van der Waals surface area contributed by atoms with Gasteiger partial charge >= 0.3 is 0 Å². The minimum Gasteiger partial charge on any atom is -0.339 e. The van der Waals surface area contributed by atoms with Gasteiger partial charge < -0.3 is 10.2 Å². The van der Waals surface area contributed by atoms with Crippen molar-refractivity contribution in [1.29, 1.82) is 0 Å². The average molecular weight is 379 g/mol. The lowest BCUT2D eigenvalue weighted by molar-refractivity contribution is -0.147. The minimum absolute atomic E-state index is 0.144. The van der Waals surface area contributed by atoms with Gasteiger partial charge in [0.2, 0.25) is 11.8 Å². The Morgan fingerprint density at radius 1 is 1.20 bits per heavy atom. The molecule has 1 heterocycles. The van der Waals surface area contributed by atoms with E-state index in [9.17, 15) is 9.59 Å². The van der Waals surface area contributed by atoms with Gasteiger partial charge in [-0.05, 0) is 49.8 Å². The van der Waals surface area contributed by atoms with E-state index in [4.69, 9.17) is 23.2 Å². The van der Waals surface area contributed by atoms with Crippen LogP contribution < -0.4 is 5.32 Å². The third-order valence-corrected chi connectivity index (χ3v) is 6.00. The first-order valence-electron chi connectivity index (χ1n) is 8.77. The summed E-state index contributed by atoms with van der Waals surface area (Å²) in [4.78, 5) is 27.9. The van der Waals surface area contributed by atoms with E-state index < -0.39 is 0 Å². The lowest BCUT2D eigenvalue weighted by Gasteiger charge is -2.41. The minimum atomic E-state index is -0.351. The second-order valence-electron chi connectivity index (χ2n) is 7.12. The van der Waals surface area contributed by atoms with E-state index in [1.807, 2.05) is 11.0 Å². The second kappa shape index (κ2) is 6.65. The van der Waals surface area contributed by atoms with Gasteiger partial charge in [0, 0.05) is 17.6 Å². The molecule has 1 saturated carbocycles. The van der Waals surface area contributed by atoms with E-state index in [0.29, 0.717) is 28.2 Å². The maximum absolute atomic E-state index is 13.0. The van der Waals surface area contributed by atoms with Crippen LogP contribution in [0.2, 0.25) is 10.0 Å². The molecule has 2 fully saturated rings. The highest BCUT2D eigenvalue weighted by atomic mass is 35.5. The van der Waals surface area contributed by atoms with E-state index in [0.717, 1.165) is 25.8 Å². The normalized spacial score (nSPS) is 28.6. The van der Waals surface area contributed by atoms with Crippen LogP contribution in [0.1, 0.15) is 25.7 Å². The number of amides is 2. The van der Waals surface area contributed by atoms with Crippen molar-refractivity contribution in [2.24, 2.45) is 17.8 Å². The summed E-state index contributed by atoms with van der Waals surface area (Å²) in [5.41, 5.74) is 0.532. The van der Waals surface area contributed by atoms with Crippen molar-refractivity contribution in [1.82, 2.24) is 4.90 Å². The number of likely N-dealkylation sites (tertiary alicyclic amines) is 1. The Morgan fingerprint density at radius 3 is 2.72 bits per heavy atom. The molecule has 1 saturated heterocycles. The Hall–Kier alpha value is -1.52. The Kier molecular flexibility index (Phi) is 4.50. The Bertz CT molecular complexity index is 745. The number of nitrogens with one attached hydrogen (secondary N) is 1. The van der Waals surface area contributed by atoms with Crippen molar-refractivity contribution >= 4 is 40.7 Å². The van der Waals surface area contributed by atoms with E-state index in [1.54, 1.807) is 18.2 Å². The molecule has 0 unspecified atom stereocenters. The molecular weight excluding hydrogens is 359 g/mol. The summed E-state index contributed by atoms with van der Waals surface area (Å²) in [5, 5.41) is 3.81. The fourth-order valence-corrected chi connectivity index (χ4v) is 4.48. The quantitative estimate of drug-likeness (QED) is 0.803. The predicted molar refractivity (Wildman–Crippen MR) is 98.7 cm³/mol. The molecule has 1 N–H and O–H groups in total. The molecule has 3 atom stereocenters. The first-order chi connectivity index (χ1) is 12.0. The Labute approximate surface area is 157 Å². The third-order valence-electron chi connectivity index (χ3n) is 5.45. The van der Waals surface area contributed by atoms with Crippen molar-refractivity contribution < 1.29 is 9.59 Å². The van der Waals surface area contributed by atoms with Crippen molar-refractivity contribution in [3.05, 3.63) is 40.4 Å². The number of benzene rings is 1. The highest BCUT2D eigenvalue weighted by Gasteiger charge is 2.47. The lowest BCUT2D eigenvalue weighted by atomic mass is 9.71. The number of carbonyl (C=O) groups excluding carboxylic acids is 2. The molecule has 25 heavy (non-hydrogen) atoms. The molecule has 132 valence electrons. The molecule has 6 heteroatoms. The van der Waals surface area contributed by atoms with Crippen LogP contribution in [0.3, 0.4) is 0 Å². The summed E-state index contributed by atoms with van der Waals surface area (Å²) in [6.45, 7) is 0.812. The van der Waals surface area contributed by atoms with E-state index in [-0.39, 0.29) is 29.6 Å². The molecule has 3 aliphatic rings. The summed E-state index contributed by atoms with van der Waals surface area (Å²) < 4.78 is 0. The number of hydrogen-bond acceptors (Lipinski definition) is 2. The zero-order valence-electron chi connectivity index (χ0n) is 13.8. The van der Waals surface area contributed by atoms with Crippen molar-refractivity contribution in [3.63, 3.8) is 0 Å². The highest BCUT2D eigenvalue weighted by Crippen LogP contribution is 2.41. The predicted octanol–water partition coefficient (Wildman–Crippen LogP) is 4.14. The zero-order chi connectivity index (χ0) is 17.6. The maximum atomic E-state index is 13.0. The van der Waals surface area contributed by atoms with E-state index in [2.05, 4.69) is 11.4 Å². The van der Waals surface area contributed by atoms with Gasteiger partial charge in [-0.15, -0.1) is 0 Å². The average Bonchev–Trinajstić information content (AvgIpc) is 3.42. The molecule has 1 aromatic rings. The highest BCUT2D eigenvalue weighted by molar-refractivity contribution is 6.36.